The van der Waals surface area contributed by atoms with Gasteiger partial charge in [-0.15, -0.1) is 11.6 Å². The summed E-state index contributed by atoms with van der Waals surface area (Å²) < 4.78 is 5.85. The van der Waals surface area contributed by atoms with Gasteiger partial charge in [0.05, 0.1) is 0 Å². The minimum atomic E-state index is -0.0101. The maximum absolute atomic E-state index is 5.86. The molecule has 0 heterocycles. The lowest BCUT2D eigenvalue weighted by molar-refractivity contribution is 0.227. The number of rotatable bonds is 4. The number of ether oxygens (including phenoxy) is 1. The first-order chi connectivity index (χ1) is 8.69. The van der Waals surface area contributed by atoms with Gasteiger partial charge in [-0.3, -0.25) is 0 Å². The molecule has 2 aromatic rings. The van der Waals surface area contributed by atoms with E-state index in [9.17, 15) is 0 Å². The van der Waals surface area contributed by atoms with Gasteiger partial charge >= 0.3 is 0 Å². The smallest absolute Gasteiger partial charge is 0.121 e. The normalized spacial score (nSPS) is 12.2. The average Bonchev–Trinajstić information content (AvgIpc) is 2.40. The Kier molecular flexibility index (Phi) is 4.51. The van der Waals surface area contributed by atoms with Crippen molar-refractivity contribution in [3.8, 4) is 5.75 Å². The summed E-state index contributed by atoms with van der Waals surface area (Å²) in [6.07, 6.45) is -0.0101. The van der Waals surface area contributed by atoms with Gasteiger partial charge < -0.3 is 4.74 Å². The summed E-state index contributed by atoms with van der Waals surface area (Å²) >= 11 is 11.6. The number of hydrogen-bond donors (Lipinski definition) is 0. The Hall–Kier alpha value is -1.18. The summed E-state index contributed by atoms with van der Waals surface area (Å²) in [5.41, 5.74) is 2.18. The number of hydrogen-bond acceptors (Lipinski definition) is 1. The predicted molar refractivity (Wildman–Crippen MR) is 76.5 cm³/mol. The second-order valence-electron chi connectivity index (χ2n) is 4.09. The van der Waals surface area contributed by atoms with E-state index < -0.39 is 0 Å². The highest BCUT2D eigenvalue weighted by Gasteiger charge is 2.06. The molecule has 0 aliphatic carbocycles. The van der Waals surface area contributed by atoms with Crippen LogP contribution in [0.3, 0.4) is 0 Å². The fourth-order valence-corrected chi connectivity index (χ4v) is 1.97. The Labute approximate surface area is 117 Å². The minimum absolute atomic E-state index is 0.0101. The Morgan fingerprint density at radius 3 is 2.17 bits per heavy atom. The van der Waals surface area contributed by atoms with Crippen molar-refractivity contribution in [3.63, 3.8) is 0 Å². The molecule has 1 atom stereocenters. The maximum atomic E-state index is 5.86. The molecule has 0 fully saturated rings. The zero-order valence-corrected chi connectivity index (χ0v) is 11.6. The molecule has 0 aliphatic heterocycles. The van der Waals surface area contributed by atoms with Crippen LogP contribution in [0.1, 0.15) is 24.2 Å². The molecule has 1 unspecified atom stereocenters. The molecule has 94 valence electrons. The van der Waals surface area contributed by atoms with Gasteiger partial charge in [-0.2, -0.15) is 0 Å². The number of halogens is 2. The molecular weight excluding hydrogens is 267 g/mol. The summed E-state index contributed by atoms with van der Waals surface area (Å²) in [4.78, 5) is 0. The molecule has 0 N–H and O–H groups in total. The van der Waals surface area contributed by atoms with Gasteiger partial charge in [0.1, 0.15) is 11.9 Å². The van der Waals surface area contributed by atoms with Gasteiger partial charge in [-0.25, -0.2) is 0 Å². The van der Waals surface area contributed by atoms with Crippen molar-refractivity contribution in [1.82, 2.24) is 0 Å². The van der Waals surface area contributed by atoms with Gasteiger partial charge in [0, 0.05) is 10.9 Å². The zero-order chi connectivity index (χ0) is 13.0. The molecule has 18 heavy (non-hydrogen) atoms. The summed E-state index contributed by atoms with van der Waals surface area (Å²) in [6, 6.07) is 15.5. The van der Waals surface area contributed by atoms with Crippen LogP contribution in [0, 0.1) is 0 Å². The highest BCUT2D eigenvalue weighted by atomic mass is 35.5. The average molecular weight is 281 g/mol. The van der Waals surface area contributed by atoms with Crippen LogP contribution in [-0.2, 0) is 5.88 Å². The third kappa shape index (κ3) is 3.41. The molecule has 0 saturated heterocycles. The van der Waals surface area contributed by atoms with Gasteiger partial charge in [0.15, 0.2) is 0 Å². The number of benzene rings is 2. The molecule has 0 radical (unpaired) electrons. The quantitative estimate of drug-likeness (QED) is 0.698. The van der Waals surface area contributed by atoms with Crippen molar-refractivity contribution in [2.75, 3.05) is 0 Å². The highest BCUT2D eigenvalue weighted by molar-refractivity contribution is 6.30. The summed E-state index contributed by atoms with van der Waals surface area (Å²) in [5, 5.41) is 0.734. The van der Waals surface area contributed by atoms with Crippen LogP contribution in [0.15, 0.2) is 48.5 Å². The minimum Gasteiger partial charge on any atom is -0.486 e. The Morgan fingerprint density at radius 1 is 1.00 bits per heavy atom. The molecule has 2 aromatic carbocycles. The van der Waals surface area contributed by atoms with Crippen LogP contribution in [0.4, 0.5) is 0 Å². The molecule has 0 aliphatic rings. The fourth-order valence-electron chi connectivity index (χ4n) is 1.66. The monoisotopic (exact) mass is 280 g/mol. The Bertz CT molecular complexity index is 491. The van der Waals surface area contributed by atoms with Crippen LogP contribution in [0.25, 0.3) is 0 Å². The van der Waals surface area contributed by atoms with Crippen molar-refractivity contribution in [2.45, 2.75) is 18.9 Å². The van der Waals surface area contributed by atoms with Gasteiger partial charge in [0.25, 0.3) is 0 Å². The standard InChI is InChI=1S/C15H14Cl2O/c1-11(13-4-6-14(17)7-5-13)18-15-8-2-12(10-16)3-9-15/h2-9,11H,10H2,1H3. The summed E-state index contributed by atoms with van der Waals surface area (Å²) in [6.45, 7) is 2.01. The first-order valence-electron chi connectivity index (χ1n) is 5.76. The van der Waals surface area contributed by atoms with Gasteiger partial charge in [-0.1, -0.05) is 35.9 Å². The van der Waals surface area contributed by atoms with E-state index in [0.717, 1.165) is 21.9 Å². The van der Waals surface area contributed by atoms with Crippen LogP contribution in [-0.4, -0.2) is 0 Å². The molecule has 0 amide bonds. The largest absolute Gasteiger partial charge is 0.486 e. The molecule has 2 rings (SSSR count). The SMILES string of the molecule is CC(Oc1ccc(CCl)cc1)c1ccc(Cl)cc1. The van der Waals surface area contributed by atoms with Crippen LogP contribution in [0.5, 0.6) is 5.75 Å². The lowest BCUT2D eigenvalue weighted by Crippen LogP contribution is -2.02. The molecule has 3 heteroatoms. The van der Waals surface area contributed by atoms with E-state index in [0.29, 0.717) is 5.88 Å². The Balaban J connectivity index is 2.05. The van der Waals surface area contributed by atoms with Gasteiger partial charge in [0.2, 0.25) is 0 Å². The summed E-state index contributed by atoms with van der Waals surface area (Å²) in [7, 11) is 0. The lowest BCUT2D eigenvalue weighted by atomic mass is 10.1. The highest BCUT2D eigenvalue weighted by Crippen LogP contribution is 2.23. The molecule has 0 spiro atoms. The van der Waals surface area contributed by atoms with Crippen LogP contribution < -0.4 is 4.74 Å². The Morgan fingerprint density at radius 2 is 1.61 bits per heavy atom. The van der Waals surface area contributed by atoms with E-state index in [-0.39, 0.29) is 6.10 Å². The predicted octanol–water partition coefficient (Wildman–Crippen LogP) is 5.22. The van der Waals surface area contributed by atoms with E-state index in [1.54, 1.807) is 0 Å². The van der Waals surface area contributed by atoms with Crippen molar-refractivity contribution in [2.24, 2.45) is 0 Å². The molecule has 0 saturated carbocycles. The van der Waals surface area contributed by atoms with E-state index in [2.05, 4.69) is 0 Å². The number of alkyl halides is 1. The third-order valence-electron chi connectivity index (χ3n) is 2.73. The van der Waals surface area contributed by atoms with Crippen LogP contribution >= 0.6 is 23.2 Å². The first-order valence-corrected chi connectivity index (χ1v) is 6.67. The van der Waals surface area contributed by atoms with Crippen molar-refractivity contribution in [3.05, 3.63) is 64.7 Å². The van der Waals surface area contributed by atoms with E-state index in [4.69, 9.17) is 27.9 Å². The topological polar surface area (TPSA) is 9.23 Å². The maximum Gasteiger partial charge on any atom is 0.121 e. The first kappa shape index (κ1) is 13.3. The second kappa shape index (κ2) is 6.12. The zero-order valence-electron chi connectivity index (χ0n) is 10.1. The third-order valence-corrected chi connectivity index (χ3v) is 3.29. The van der Waals surface area contributed by atoms with Crippen molar-refractivity contribution in [1.29, 1.82) is 0 Å². The van der Waals surface area contributed by atoms with E-state index in [1.165, 1.54) is 0 Å². The molecule has 1 nitrogen and oxygen atoms in total. The van der Waals surface area contributed by atoms with Crippen LogP contribution in [0.2, 0.25) is 5.02 Å². The van der Waals surface area contributed by atoms with E-state index in [1.807, 2.05) is 55.5 Å². The molecular formula is C15H14Cl2O. The second-order valence-corrected chi connectivity index (χ2v) is 4.79. The molecule has 0 bridgehead atoms. The van der Waals surface area contributed by atoms with Crippen molar-refractivity contribution < 1.29 is 4.74 Å². The lowest BCUT2D eigenvalue weighted by Gasteiger charge is -2.15. The van der Waals surface area contributed by atoms with E-state index >= 15 is 0 Å². The van der Waals surface area contributed by atoms with Gasteiger partial charge in [-0.05, 0) is 42.3 Å². The summed E-state index contributed by atoms with van der Waals surface area (Å²) in [5.74, 6) is 1.36. The molecule has 0 aromatic heterocycles. The fraction of sp³-hybridized carbons (Fsp3) is 0.200. The van der Waals surface area contributed by atoms with Crippen molar-refractivity contribution >= 4 is 23.2 Å².